The lowest BCUT2D eigenvalue weighted by molar-refractivity contribution is -0.121. The zero-order chi connectivity index (χ0) is 14.8. The number of nitrogens with one attached hydrogen (secondary N) is 1. The van der Waals surface area contributed by atoms with E-state index in [1.54, 1.807) is 11.8 Å². The maximum atomic E-state index is 11.7. The summed E-state index contributed by atoms with van der Waals surface area (Å²) in [6, 6.07) is 7.82. The highest BCUT2D eigenvalue weighted by Gasteiger charge is 2.08. The number of aliphatic hydroxyl groups is 1. The van der Waals surface area contributed by atoms with Crippen molar-refractivity contribution in [3.05, 3.63) is 35.4 Å². The van der Waals surface area contributed by atoms with Crippen LogP contribution in [0.2, 0.25) is 0 Å². The molecule has 0 aliphatic carbocycles. The Morgan fingerprint density at radius 2 is 2.10 bits per heavy atom. The third-order valence-corrected chi connectivity index (χ3v) is 3.40. The van der Waals surface area contributed by atoms with E-state index in [-0.39, 0.29) is 18.6 Å². The Kier molecular flexibility index (Phi) is 7.86. The van der Waals surface area contributed by atoms with Gasteiger partial charge in [0.15, 0.2) is 0 Å². The molecule has 0 saturated heterocycles. The van der Waals surface area contributed by atoms with E-state index in [1.807, 2.05) is 37.4 Å². The Labute approximate surface area is 125 Å². The van der Waals surface area contributed by atoms with E-state index in [1.165, 1.54) is 0 Å². The van der Waals surface area contributed by atoms with Crippen molar-refractivity contribution in [2.45, 2.75) is 25.8 Å². The number of rotatable bonds is 6. The van der Waals surface area contributed by atoms with Gasteiger partial charge < -0.3 is 10.4 Å². The highest BCUT2D eigenvalue weighted by molar-refractivity contribution is 7.98. The minimum atomic E-state index is 0.00353. The SMILES string of the molecule is CSCCC(=O)NC(C)c1ccc(C#CCCO)cc1. The molecule has 0 spiro atoms. The lowest BCUT2D eigenvalue weighted by Gasteiger charge is -2.14. The van der Waals surface area contributed by atoms with Crippen molar-refractivity contribution < 1.29 is 9.90 Å². The predicted molar refractivity (Wildman–Crippen MR) is 84.6 cm³/mol. The number of hydrogen-bond acceptors (Lipinski definition) is 3. The number of thioether (sulfide) groups is 1. The normalized spacial score (nSPS) is 11.3. The van der Waals surface area contributed by atoms with Crippen molar-refractivity contribution in [2.24, 2.45) is 0 Å². The van der Waals surface area contributed by atoms with Gasteiger partial charge in [-0.1, -0.05) is 24.0 Å². The lowest BCUT2D eigenvalue weighted by atomic mass is 10.1. The zero-order valence-corrected chi connectivity index (χ0v) is 12.8. The first-order valence-corrected chi connectivity index (χ1v) is 8.04. The second-order valence-electron chi connectivity index (χ2n) is 4.43. The molecule has 4 heteroatoms. The standard InChI is InChI=1S/C16H21NO2S/c1-13(17-16(19)10-12-20-2)15-8-6-14(7-9-15)5-3-4-11-18/h6-9,13,18H,4,10-12H2,1-2H3,(H,17,19). The van der Waals surface area contributed by atoms with Gasteiger partial charge in [0, 0.05) is 24.2 Å². The fourth-order valence-electron chi connectivity index (χ4n) is 1.67. The average molecular weight is 291 g/mol. The molecule has 0 heterocycles. The molecule has 3 nitrogen and oxygen atoms in total. The Morgan fingerprint density at radius 3 is 2.70 bits per heavy atom. The van der Waals surface area contributed by atoms with Gasteiger partial charge >= 0.3 is 0 Å². The van der Waals surface area contributed by atoms with E-state index in [2.05, 4.69) is 17.2 Å². The molecule has 1 aromatic carbocycles. The third-order valence-electron chi connectivity index (χ3n) is 2.79. The molecule has 1 rings (SSSR count). The summed E-state index contributed by atoms with van der Waals surface area (Å²) in [5.74, 6) is 6.79. The Balaban J connectivity index is 2.55. The molecule has 0 aromatic heterocycles. The maximum Gasteiger partial charge on any atom is 0.221 e. The molecule has 1 amide bonds. The Hall–Kier alpha value is -1.44. The number of carbonyl (C=O) groups is 1. The van der Waals surface area contributed by atoms with Gasteiger partial charge in [-0.15, -0.1) is 0 Å². The second-order valence-corrected chi connectivity index (χ2v) is 5.41. The summed E-state index contributed by atoms with van der Waals surface area (Å²) in [4.78, 5) is 11.7. The van der Waals surface area contributed by atoms with Crippen LogP contribution in [0.5, 0.6) is 0 Å². The van der Waals surface area contributed by atoms with Crippen LogP contribution in [0, 0.1) is 11.8 Å². The summed E-state index contributed by atoms with van der Waals surface area (Å²) in [6.07, 6.45) is 3.03. The molecule has 0 bridgehead atoms. The van der Waals surface area contributed by atoms with Gasteiger partial charge in [0.1, 0.15) is 0 Å². The molecular formula is C16H21NO2S. The fourth-order valence-corrected chi connectivity index (χ4v) is 2.06. The third kappa shape index (κ3) is 6.14. The number of amides is 1. The summed E-state index contributed by atoms with van der Waals surface area (Å²) in [5, 5.41) is 11.6. The second kappa shape index (κ2) is 9.46. The van der Waals surface area contributed by atoms with Crippen molar-refractivity contribution >= 4 is 17.7 Å². The number of aliphatic hydroxyl groups excluding tert-OH is 1. The fraction of sp³-hybridized carbons (Fsp3) is 0.438. The molecule has 2 N–H and O–H groups in total. The van der Waals surface area contributed by atoms with Crippen LogP contribution >= 0.6 is 11.8 Å². The van der Waals surface area contributed by atoms with Crippen LogP contribution < -0.4 is 5.32 Å². The summed E-state index contributed by atoms with van der Waals surface area (Å²) in [7, 11) is 0. The number of carbonyl (C=O) groups excluding carboxylic acids is 1. The van der Waals surface area contributed by atoms with Crippen molar-refractivity contribution in [3.8, 4) is 11.8 Å². The van der Waals surface area contributed by atoms with E-state index in [9.17, 15) is 4.79 Å². The molecule has 108 valence electrons. The van der Waals surface area contributed by atoms with Crippen molar-refractivity contribution in [1.82, 2.24) is 5.32 Å². The van der Waals surface area contributed by atoms with Gasteiger partial charge in [0.05, 0.1) is 12.6 Å². The summed E-state index contributed by atoms with van der Waals surface area (Å²) >= 11 is 1.67. The largest absolute Gasteiger partial charge is 0.395 e. The first kappa shape index (κ1) is 16.6. The molecule has 1 unspecified atom stereocenters. The molecule has 0 radical (unpaired) electrons. The van der Waals surface area contributed by atoms with Crippen molar-refractivity contribution in [2.75, 3.05) is 18.6 Å². The summed E-state index contributed by atoms with van der Waals surface area (Å²) in [6.45, 7) is 2.06. The minimum Gasteiger partial charge on any atom is -0.395 e. The van der Waals surface area contributed by atoms with Gasteiger partial charge in [-0.05, 0) is 30.9 Å². The lowest BCUT2D eigenvalue weighted by Crippen LogP contribution is -2.26. The summed E-state index contributed by atoms with van der Waals surface area (Å²) in [5.41, 5.74) is 1.98. The molecule has 0 fully saturated rings. The van der Waals surface area contributed by atoms with Crippen LogP contribution in [0.25, 0.3) is 0 Å². The molecule has 0 saturated carbocycles. The first-order chi connectivity index (χ1) is 9.67. The van der Waals surface area contributed by atoms with Crippen LogP contribution in [0.15, 0.2) is 24.3 Å². The van der Waals surface area contributed by atoms with Crippen LogP contribution in [0.4, 0.5) is 0 Å². The molecular weight excluding hydrogens is 270 g/mol. The Morgan fingerprint density at radius 1 is 1.40 bits per heavy atom. The minimum absolute atomic E-state index is 0.00353. The Bertz CT molecular complexity index is 473. The smallest absolute Gasteiger partial charge is 0.221 e. The van der Waals surface area contributed by atoms with Crippen molar-refractivity contribution in [3.63, 3.8) is 0 Å². The van der Waals surface area contributed by atoms with Crippen LogP contribution in [-0.4, -0.2) is 29.6 Å². The zero-order valence-electron chi connectivity index (χ0n) is 12.0. The monoisotopic (exact) mass is 291 g/mol. The van der Waals surface area contributed by atoms with Crippen LogP contribution in [-0.2, 0) is 4.79 Å². The quantitative estimate of drug-likeness (QED) is 0.791. The van der Waals surface area contributed by atoms with Gasteiger partial charge in [-0.3, -0.25) is 4.79 Å². The van der Waals surface area contributed by atoms with Gasteiger partial charge in [-0.25, -0.2) is 0 Å². The van der Waals surface area contributed by atoms with E-state index in [4.69, 9.17) is 5.11 Å². The van der Waals surface area contributed by atoms with Crippen LogP contribution in [0.1, 0.15) is 36.9 Å². The van der Waals surface area contributed by atoms with E-state index < -0.39 is 0 Å². The average Bonchev–Trinajstić information content (AvgIpc) is 2.46. The van der Waals surface area contributed by atoms with Crippen LogP contribution in [0.3, 0.4) is 0 Å². The van der Waals surface area contributed by atoms with Gasteiger partial charge in [0.2, 0.25) is 5.91 Å². The topological polar surface area (TPSA) is 49.3 Å². The molecule has 1 aromatic rings. The summed E-state index contributed by atoms with van der Waals surface area (Å²) < 4.78 is 0. The molecule has 20 heavy (non-hydrogen) atoms. The van der Waals surface area contributed by atoms with Crippen molar-refractivity contribution in [1.29, 1.82) is 0 Å². The molecule has 1 atom stereocenters. The number of benzene rings is 1. The highest BCUT2D eigenvalue weighted by Crippen LogP contribution is 2.13. The number of hydrogen-bond donors (Lipinski definition) is 2. The highest BCUT2D eigenvalue weighted by atomic mass is 32.2. The van der Waals surface area contributed by atoms with E-state index >= 15 is 0 Å². The first-order valence-electron chi connectivity index (χ1n) is 6.65. The van der Waals surface area contributed by atoms with Gasteiger partial charge in [-0.2, -0.15) is 11.8 Å². The molecule has 0 aliphatic heterocycles. The maximum absolute atomic E-state index is 11.7. The molecule has 0 aliphatic rings. The van der Waals surface area contributed by atoms with E-state index in [0.717, 1.165) is 16.9 Å². The predicted octanol–water partition coefficient (Wildman–Crippen LogP) is 2.35. The van der Waals surface area contributed by atoms with E-state index in [0.29, 0.717) is 12.8 Å². The van der Waals surface area contributed by atoms with Gasteiger partial charge in [0.25, 0.3) is 0 Å².